The molecule has 0 bridgehead atoms. The molecule has 2 unspecified atom stereocenters. The molecule has 0 radical (unpaired) electrons. The van der Waals surface area contributed by atoms with Crippen molar-refractivity contribution in [2.45, 2.75) is 37.9 Å². The van der Waals surface area contributed by atoms with Gasteiger partial charge in [-0.25, -0.2) is 8.42 Å². The van der Waals surface area contributed by atoms with E-state index < -0.39 is 9.84 Å². The van der Waals surface area contributed by atoms with Crippen LogP contribution in [0.3, 0.4) is 0 Å². The molecule has 0 aromatic rings. The summed E-state index contributed by atoms with van der Waals surface area (Å²) in [5, 5.41) is 4.02. The van der Waals surface area contributed by atoms with Gasteiger partial charge in [0.05, 0.1) is 5.75 Å². The van der Waals surface area contributed by atoms with Crippen LogP contribution in [0.5, 0.6) is 0 Å². The van der Waals surface area contributed by atoms with E-state index in [1.165, 1.54) is 31.9 Å². The van der Waals surface area contributed by atoms with Gasteiger partial charge in [-0.2, -0.15) is 11.8 Å². The molecule has 0 aromatic heterocycles. The molecular formula is C12H25NO2S2. The summed E-state index contributed by atoms with van der Waals surface area (Å²) in [6, 6.07) is 0. The van der Waals surface area contributed by atoms with E-state index >= 15 is 0 Å². The molecule has 0 heterocycles. The Kier molecular flexibility index (Phi) is 6.89. The summed E-state index contributed by atoms with van der Waals surface area (Å²) in [5.41, 5.74) is 0. The standard InChI is InChI=1S/C12H25NO2S2/c1-11-4-3-5-12(10-11)16-8-6-13-7-9-17(2,14)15/h11-13H,3-10H2,1-2H3. The summed E-state index contributed by atoms with van der Waals surface area (Å²) in [6.45, 7) is 3.85. The largest absolute Gasteiger partial charge is 0.315 e. The molecule has 0 aromatic carbocycles. The van der Waals surface area contributed by atoms with Crippen molar-refractivity contribution in [2.24, 2.45) is 5.92 Å². The zero-order valence-corrected chi connectivity index (χ0v) is 12.6. The maximum absolute atomic E-state index is 10.9. The Bertz CT molecular complexity index is 304. The Morgan fingerprint density at radius 1 is 1.29 bits per heavy atom. The average molecular weight is 279 g/mol. The number of rotatable bonds is 7. The third-order valence-corrected chi connectivity index (χ3v) is 5.46. The van der Waals surface area contributed by atoms with Gasteiger partial charge >= 0.3 is 0 Å². The van der Waals surface area contributed by atoms with Crippen LogP contribution >= 0.6 is 11.8 Å². The first kappa shape index (κ1) is 15.3. The van der Waals surface area contributed by atoms with Crippen molar-refractivity contribution in [1.29, 1.82) is 0 Å². The quantitative estimate of drug-likeness (QED) is 0.723. The van der Waals surface area contributed by atoms with Crippen molar-refractivity contribution in [2.75, 3.05) is 30.9 Å². The summed E-state index contributed by atoms with van der Waals surface area (Å²) in [4.78, 5) is 0. The van der Waals surface area contributed by atoms with Gasteiger partial charge in [0.25, 0.3) is 0 Å². The maximum atomic E-state index is 10.9. The summed E-state index contributed by atoms with van der Waals surface area (Å²) < 4.78 is 21.8. The van der Waals surface area contributed by atoms with Crippen molar-refractivity contribution in [3.8, 4) is 0 Å². The second-order valence-electron chi connectivity index (χ2n) is 5.14. The monoisotopic (exact) mass is 279 g/mol. The van der Waals surface area contributed by atoms with Gasteiger partial charge in [0.2, 0.25) is 0 Å². The summed E-state index contributed by atoms with van der Waals surface area (Å²) in [5.74, 6) is 2.23. The summed E-state index contributed by atoms with van der Waals surface area (Å²) in [7, 11) is -2.81. The van der Waals surface area contributed by atoms with E-state index in [1.807, 2.05) is 11.8 Å². The molecule has 5 heteroatoms. The van der Waals surface area contributed by atoms with Gasteiger partial charge in [0, 0.05) is 30.3 Å². The van der Waals surface area contributed by atoms with Gasteiger partial charge in [-0.1, -0.05) is 19.8 Å². The van der Waals surface area contributed by atoms with E-state index in [0.29, 0.717) is 6.54 Å². The molecular weight excluding hydrogens is 254 g/mol. The molecule has 17 heavy (non-hydrogen) atoms. The molecule has 1 saturated carbocycles. The smallest absolute Gasteiger partial charge is 0.148 e. The SMILES string of the molecule is CC1CCCC(SCCNCCS(C)(=O)=O)C1. The third-order valence-electron chi connectivity index (χ3n) is 3.17. The summed E-state index contributed by atoms with van der Waals surface area (Å²) in [6.07, 6.45) is 6.77. The lowest BCUT2D eigenvalue weighted by atomic mass is 9.91. The molecule has 1 aliphatic carbocycles. The predicted molar refractivity (Wildman–Crippen MR) is 76.5 cm³/mol. The highest BCUT2D eigenvalue weighted by atomic mass is 32.2. The molecule has 1 fully saturated rings. The van der Waals surface area contributed by atoms with Crippen LogP contribution in [0.25, 0.3) is 0 Å². The zero-order valence-electron chi connectivity index (χ0n) is 10.9. The van der Waals surface area contributed by atoms with Crippen LogP contribution < -0.4 is 5.32 Å². The Morgan fingerprint density at radius 3 is 2.71 bits per heavy atom. The fourth-order valence-electron chi connectivity index (χ4n) is 2.21. The van der Waals surface area contributed by atoms with Gasteiger partial charge in [0.1, 0.15) is 9.84 Å². The molecule has 102 valence electrons. The van der Waals surface area contributed by atoms with E-state index in [4.69, 9.17) is 0 Å². The molecule has 3 nitrogen and oxygen atoms in total. The highest BCUT2D eigenvalue weighted by Crippen LogP contribution is 2.31. The highest BCUT2D eigenvalue weighted by molar-refractivity contribution is 7.99. The van der Waals surface area contributed by atoms with Crippen molar-refractivity contribution >= 4 is 21.6 Å². The number of hydrogen-bond donors (Lipinski definition) is 1. The topological polar surface area (TPSA) is 46.2 Å². The zero-order chi connectivity index (χ0) is 12.7. The predicted octanol–water partition coefficient (Wildman–Crippen LogP) is 1.93. The van der Waals surface area contributed by atoms with Crippen molar-refractivity contribution in [3.05, 3.63) is 0 Å². The van der Waals surface area contributed by atoms with E-state index in [0.717, 1.165) is 23.5 Å². The first-order valence-electron chi connectivity index (χ1n) is 6.47. The van der Waals surface area contributed by atoms with Gasteiger partial charge < -0.3 is 5.32 Å². The fourth-order valence-corrected chi connectivity index (χ4v) is 4.12. The third kappa shape index (κ3) is 8.06. The van der Waals surface area contributed by atoms with E-state index in [9.17, 15) is 8.42 Å². The molecule has 1 N–H and O–H groups in total. The van der Waals surface area contributed by atoms with E-state index in [1.54, 1.807) is 0 Å². The Labute approximate surface area is 110 Å². The first-order chi connectivity index (χ1) is 7.97. The lowest BCUT2D eigenvalue weighted by Crippen LogP contribution is -2.25. The van der Waals surface area contributed by atoms with Gasteiger partial charge in [-0.3, -0.25) is 0 Å². The maximum Gasteiger partial charge on any atom is 0.148 e. The van der Waals surface area contributed by atoms with Crippen LogP contribution in [0.4, 0.5) is 0 Å². The van der Waals surface area contributed by atoms with Crippen LogP contribution in [0, 0.1) is 5.92 Å². The first-order valence-corrected chi connectivity index (χ1v) is 9.58. The van der Waals surface area contributed by atoms with Crippen LogP contribution in [-0.2, 0) is 9.84 Å². The van der Waals surface area contributed by atoms with Gasteiger partial charge in [-0.15, -0.1) is 0 Å². The van der Waals surface area contributed by atoms with Gasteiger partial charge in [0.15, 0.2) is 0 Å². The second kappa shape index (κ2) is 7.64. The minimum atomic E-state index is -2.81. The highest BCUT2D eigenvalue weighted by Gasteiger charge is 2.18. The lowest BCUT2D eigenvalue weighted by Gasteiger charge is -2.26. The number of sulfone groups is 1. The lowest BCUT2D eigenvalue weighted by molar-refractivity contribution is 0.394. The van der Waals surface area contributed by atoms with Crippen LogP contribution in [0.15, 0.2) is 0 Å². The molecule has 0 aliphatic heterocycles. The fraction of sp³-hybridized carbons (Fsp3) is 1.00. The van der Waals surface area contributed by atoms with Gasteiger partial charge in [-0.05, 0) is 18.8 Å². The Hall–Kier alpha value is 0.260. The average Bonchev–Trinajstić information content (AvgIpc) is 2.22. The second-order valence-corrected chi connectivity index (χ2v) is 8.81. The molecule has 0 saturated heterocycles. The van der Waals surface area contributed by atoms with Crippen LogP contribution in [0.2, 0.25) is 0 Å². The number of nitrogens with one attached hydrogen (secondary N) is 1. The van der Waals surface area contributed by atoms with Crippen LogP contribution in [-0.4, -0.2) is 44.5 Å². The van der Waals surface area contributed by atoms with Crippen molar-refractivity contribution in [3.63, 3.8) is 0 Å². The normalized spacial score (nSPS) is 26.0. The number of hydrogen-bond acceptors (Lipinski definition) is 4. The van der Waals surface area contributed by atoms with E-state index in [-0.39, 0.29) is 5.75 Å². The summed E-state index contributed by atoms with van der Waals surface area (Å²) >= 11 is 2.05. The van der Waals surface area contributed by atoms with E-state index in [2.05, 4.69) is 12.2 Å². The minimum Gasteiger partial charge on any atom is -0.315 e. The van der Waals surface area contributed by atoms with Crippen molar-refractivity contribution < 1.29 is 8.42 Å². The van der Waals surface area contributed by atoms with Crippen molar-refractivity contribution in [1.82, 2.24) is 5.32 Å². The molecule has 2 atom stereocenters. The Morgan fingerprint density at radius 2 is 2.06 bits per heavy atom. The number of thioether (sulfide) groups is 1. The van der Waals surface area contributed by atoms with Crippen LogP contribution in [0.1, 0.15) is 32.6 Å². The molecule has 1 rings (SSSR count). The minimum absolute atomic E-state index is 0.248. The molecule has 1 aliphatic rings. The molecule has 0 amide bonds. The molecule has 0 spiro atoms. The Balaban J connectivity index is 1.97.